The number of rotatable bonds is 6. The number of carbonyl (C=O) groups is 2. The fraction of sp³-hybridized carbons (Fsp3) is 0.0800. The number of nitrogens with zero attached hydrogens (tertiary/aromatic N) is 1. The fourth-order valence-corrected chi connectivity index (χ4v) is 3.08. The van der Waals surface area contributed by atoms with Gasteiger partial charge in [0.15, 0.2) is 0 Å². The molecule has 2 N–H and O–H groups in total. The zero-order valence-corrected chi connectivity index (χ0v) is 17.4. The number of carbonyl (C=O) groups excluding carboxylic acids is 2. The quantitative estimate of drug-likeness (QED) is 0.378. The number of amides is 2. The smallest absolute Gasteiger partial charge is 0.338 e. The number of hydrogen-bond acceptors (Lipinski definition) is 5. The van der Waals surface area contributed by atoms with E-state index in [-0.39, 0.29) is 6.61 Å². The van der Waals surface area contributed by atoms with Gasteiger partial charge in [-0.15, -0.1) is 0 Å². The summed E-state index contributed by atoms with van der Waals surface area (Å²) >= 11 is 0. The largest absolute Gasteiger partial charge is 0.462 e. The van der Waals surface area contributed by atoms with E-state index in [1.165, 1.54) is 0 Å². The SMILES string of the molecule is CCOC(=O)c1cccc(NC(=O)Nc2ccc(-c3nc(-c4ccccc4)co3)cc2)c1. The Hall–Kier alpha value is -4.39. The van der Waals surface area contributed by atoms with Crippen LogP contribution in [0.1, 0.15) is 17.3 Å². The predicted molar refractivity (Wildman–Crippen MR) is 122 cm³/mol. The highest BCUT2D eigenvalue weighted by Crippen LogP contribution is 2.25. The first-order chi connectivity index (χ1) is 15.6. The lowest BCUT2D eigenvalue weighted by Gasteiger charge is -2.09. The van der Waals surface area contributed by atoms with Crippen molar-refractivity contribution >= 4 is 23.4 Å². The fourth-order valence-electron chi connectivity index (χ4n) is 3.08. The third-order valence-corrected chi connectivity index (χ3v) is 4.60. The minimum Gasteiger partial charge on any atom is -0.462 e. The van der Waals surface area contributed by atoms with Crippen molar-refractivity contribution in [3.05, 3.63) is 90.7 Å². The first-order valence-electron chi connectivity index (χ1n) is 10.1. The molecule has 0 fully saturated rings. The highest BCUT2D eigenvalue weighted by molar-refractivity contribution is 6.00. The minimum atomic E-state index is -0.436. The van der Waals surface area contributed by atoms with E-state index in [2.05, 4.69) is 15.6 Å². The number of esters is 1. The summed E-state index contributed by atoms with van der Waals surface area (Å²) in [5.41, 5.74) is 3.98. The van der Waals surface area contributed by atoms with Crippen molar-refractivity contribution in [3.8, 4) is 22.7 Å². The minimum absolute atomic E-state index is 0.286. The molecule has 32 heavy (non-hydrogen) atoms. The zero-order valence-electron chi connectivity index (χ0n) is 17.4. The second kappa shape index (κ2) is 9.61. The Morgan fingerprint density at radius 1 is 0.875 bits per heavy atom. The molecule has 0 saturated heterocycles. The van der Waals surface area contributed by atoms with Gasteiger partial charge in [0, 0.05) is 22.5 Å². The number of aromatic nitrogens is 1. The van der Waals surface area contributed by atoms with Gasteiger partial charge in [-0.05, 0) is 49.4 Å². The van der Waals surface area contributed by atoms with Gasteiger partial charge in [-0.3, -0.25) is 0 Å². The lowest BCUT2D eigenvalue weighted by atomic mass is 10.2. The lowest BCUT2D eigenvalue weighted by Crippen LogP contribution is -2.19. The van der Waals surface area contributed by atoms with E-state index >= 15 is 0 Å². The maximum Gasteiger partial charge on any atom is 0.338 e. The first-order valence-corrected chi connectivity index (χ1v) is 10.1. The summed E-state index contributed by atoms with van der Waals surface area (Å²) in [5.74, 6) is 0.0599. The van der Waals surface area contributed by atoms with E-state index in [4.69, 9.17) is 9.15 Å². The molecule has 0 spiro atoms. The Kier molecular flexibility index (Phi) is 6.27. The lowest BCUT2D eigenvalue weighted by molar-refractivity contribution is 0.0526. The average molecular weight is 427 g/mol. The molecular weight excluding hydrogens is 406 g/mol. The molecule has 1 heterocycles. The van der Waals surface area contributed by atoms with Crippen LogP contribution in [0.25, 0.3) is 22.7 Å². The van der Waals surface area contributed by atoms with Crippen LogP contribution in [0.4, 0.5) is 16.2 Å². The van der Waals surface area contributed by atoms with Crippen LogP contribution in [0.5, 0.6) is 0 Å². The number of anilines is 2. The molecule has 0 aliphatic rings. The summed E-state index contributed by atoms with van der Waals surface area (Å²) in [7, 11) is 0. The third-order valence-electron chi connectivity index (χ3n) is 4.60. The zero-order chi connectivity index (χ0) is 22.3. The van der Waals surface area contributed by atoms with Crippen LogP contribution >= 0.6 is 0 Å². The molecule has 4 aromatic rings. The second-order valence-electron chi connectivity index (χ2n) is 6.86. The molecule has 3 aromatic carbocycles. The Balaban J connectivity index is 1.39. The van der Waals surface area contributed by atoms with E-state index in [0.717, 1.165) is 16.8 Å². The van der Waals surface area contributed by atoms with E-state index < -0.39 is 12.0 Å². The van der Waals surface area contributed by atoms with Crippen molar-refractivity contribution in [2.45, 2.75) is 6.92 Å². The van der Waals surface area contributed by atoms with Crippen LogP contribution < -0.4 is 10.6 Å². The van der Waals surface area contributed by atoms with Gasteiger partial charge in [-0.1, -0.05) is 36.4 Å². The normalized spacial score (nSPS) is 10.4. The van der Waals surface area contributed by atoms with E-state index in [1.807, 2.05) is 42.5 Å². The highest BCUT2D eigenvalue weighted by Gasteiger charge is 2.10. The molecular formula is C25H21N3O4. The molecule has 0 radical (unpaired) electrons. The van der Waals surface area contributed by atoms with Crippen LogP contribution in [0.2, 0.25) is 0 Å². The van der Waals surface area contributed by atoms with E-state index in [9.17, 15) is 9.59 Å². The Labute approximate surface area is 185 Å². The number of ether oxygens (including phenoxy) is 1. The number of nitrogens with one attached hydrogen (secondary N) is 2. The van der Waals surface area contributed by atoms with Crippen molar-refractivity contribution in [3.63, 3.8) is 0 Å². The molecule has 2 amide bonds. The summed E-state index contributed by atoms with van der Waals surface area (Å²) in [6.45, 7) is 2.02. The monoisotopic (exact) mass is 427 g/mol. The van der Waals surface area contributed by atoms with Crippen molar-refractivity contribution in [1.82, 2.24) is 4.98 Å². The molecule has 4 rings (SSSR count). The molecule has 0 atom stereocenters. The Morgan fingerprint density at radius 3 is 2.38 bits per heavy atom. The molecule has 0 unspecified atom stereocenters. The molecule has 1 aromatic heterocycles. The summed E-state index contributed by atoms with van der Waals surface area (Å²) in [4.78, 5) is 28.7. The molecule has 7 nitrogen and oxygen atoms in total. The van der Waals surface area contributed by atoms with E-state index in [0.29, 0.717) is 22.8 Å². The van der Waals surface area contributed by atoms with Gasteiger partial charge in [0.05, 0.1) is 12.2 Å². The maximum absolute atomic E-state index is 12.3. The maximum atomic E-state index is 12.3. The molecule has 7 heteroatoms. The summed E-state index contributed by atoms with van der Waals surface area (Å²) in [6, 6.07) is 23.1. The van der Waals surface area contributed by atoms with Crippen LogP contribution in [-0.4, -0.2) is 23.6 Å². The van der Waals surface area contributed by atoms with Crippen molar-refractivity contribution < 1.29 is 18.7 Å². The number of hydrogen-bond donors (Lipinski definition) is 2. The van der Waals surface area contributed by atoms with Crippen molar-refractivity contribution in [2.24, 2.45) is 0 Å². The van der Waals surface area contributed by atoms with Crippen molar-refractivity contribution in [1.29, 1.82) is 0 Å². The molecule has 0 saturated carbocycles. The van der Waals surface area contributed by atoms with Crippen LogP contribution in [0.3, 0.4) is 0 Å². The summed E-state index contributed by atoms with van der Waals surface area (Å²) in [6.07, 6.45) is 1.62. The highest BCUT2D eigenvalue weighted by atomic mass is 16.5. The number of benzene rings is 3. The van der Waals surface area contributed by atoms with Crippen LogP contribution in [0.15, 0.2) is 89.5 Å². The van der Waals surface area contributed by atoms with Gasteiger partial charge in [0.25, 0.3) is 0 Å². The molecule has 160 valence electrons. The predicted octanol–water partition coefficient (Wildman–Crippen LogP) is 5.83. The Bertz CT molecular complexity index is 1220. The van der Waals surface area contributed by atoms with Gasteiger partial charge >= 0.3 is 12.0 Å². The summed E-state index contributed by atoms with van der Waals surface area (Å²) < 4.78 is 10.6. The van der Waals surface area contributed by atoms with Crippen LogP contribution in [-0.2, 0) is 4.74 Å². The first kappa shape index (κ1) is 20.9. The second-order valence-corrected chi connectivity index (χ2v) is 6.86. The van der Waals surface area contributed by atoms with Gasteiger partial charge in [0.1, 0.15) is 12.0 Å². The third kappa shape index (κ3) is 5.02. The van der Waals surface area contributed by atoms with E-state index in [1.54, 1.807) is 49.6 Å². The van der Waals surface area contributed by atoms with Gasteiger partial charge in [0.2, 0.25) is 5.89 Å². The topological polar surface area (TPSA) is 93.5 Å². The van der Waals surface area contributed by atoms with Crippen LogP contribution in [0, 0.1) is 0 Å². The van der Waals surface area contributed by atoms with Crippen molar-refractivity contribution in [2.75, 3.05) is 17.2 Å². The molecule has 0 aliphatic heterocycles. The van der Waals surface area contributed by atoms with Gasteiger partial charge < -0.3 is 19.8 Å². The molecule has 0 aliphatic carbocycles. The standard InChI is InChI=1S/C25H21N3O4/c1-2-31-24(29)19-9-6-10-21(15-19)27-25(30)26-20-13-11-18(12-14-20)23-28-22(16-32-23)17-7-4-3-5-8-17/h3-16H,2H2,1H3,(H2,26,27,30). The number of oxazole rings is 1. The number of urea groups is 1. The summed E-state index contributed by atoms with van der Waals surface area (Å²) in [5, 5.41) is 5.46. The van der Waals surface area contributed by atoms with Gasteiger partial charge in [-0.2, -0.15) is 0 Å². The Morgan fingerprint density at radius 2 is 1.62 bits per heavy atom. The van der Waals surface area contributed by atoms with Gasteiger partial charge in [-0.25, -0.2) is 14.6 Å². The average Bonchev–Trinajstić information content (AvgIpc) is 3.31. The molecule has 0 bridgehead atoms.